The molecule has 0 aliphatic carbocycles. The molecule has 2 aliphatic rings. The Bertz CT molecular complexity index is 549. The van der Waals surface area contributed by atoms with Crippen LogP contribution in [-0.2, 0) is 14.3 Å². The fourth-order valence-electron chi connectivity index (χ4n) is 3.70. The van der Waals surface area contributed by atoms with Gasteiger partial charge in [0.25, 0.3) is 0 Å². The van der Waals surface area contributed by atoms with Gasteiger partial charge in [0.05, 0.1) is 25.2 Å². The van der Waals surface area contributed by atoms with Crippen molar-refractivity contribution in [3.8, 4) is 0 Å². The van der Waals surface area contributed by atoms with Gasteiger partial charge in [0, 0.05) is 25.6 Å². The van der Waals surface area contributed by atoms with Gasteiger partial charge in [-0.25, -0.2) is 4.39 Å². The number of benzene rings is 1. The molecule has 4 nitrogen and oxygen atoms in total. The molecule has 0 aromatic heterocycles. The summed E-state index contributed by atoms with van der Waals surface area (Å²) in [5, 5.41) is 0. The SMILES string of the molecule is CC[C@H](C(=O)N1CCC(OC[C@@H]2CCOC2)CC1)c1ccc(F)cc1. The topological polar surface area (TPSA) is 38.8 Å². The molecule has 0 unspecified atom stereocenters. The molecule has 1 aromatic rings. The highest BCUT2D eigenvalue weighted by atomic mass is 19.1. The molecule has 138 valence electrons. The number of rotatable bonds is 6. The molecule has 2 heterocycles. The van der Waals surface area contributed by atoms with Crippen LogP contribution >= 0.6 is 0 Å². The molecular weight excluding hydrogens is 321 g/mol. The molecule has 0 spiro atoms. The van der Waals surface area contributed by atoms with Gasteiger partial charge in [-0.15, -0.1) is 0 Å². The van der Waals surface area contributed by atoms with Crippen molar-refractivity contribution in [3.05, 3.63) is 35.6 Å². The number of carbonyl (C=O) groups excluding carboxylic acids is 1. The largest absolute Gasteiger partial charge is 0.381 e. The highest BCUT2D eigenvalue weighted by Crippen LogP contribution is 2.25. The monoisotopic (exact) mass is 349 g/mol. The molecule has 1 amide bonds. The third kappa shape index (κ3) is 4.79. The number of nitrogens with zero attached hydrogens (tertiary/aromatic N) is 1. The molecule has 2 fully saturated rings. The van der Waals surface area contributed by atoms with Crippen LogP contribution in [0.15, 0.2) is 24.3 Å². The van der Waals surface area contributed by atoms with E-state index in [-0.39, 0.29) is 23.7 Å². The van der Waals surface area contributed by atoms with E-state index in [2.05, 4.69) is 0 Å². The quantitative estimate of drug-likeness (QED) is 0.790. The van der Waals surface area contributed by atoms with Gasteiger partial charge in [-0.3, -0.25) is 4.79 Å². The zero-order valence-corrected chi connectivity index (χ0v) is 15.0. The Hall–Kier alpha value is -1.46. The highest BCUT2D eigenvalue weighted by molar-refractivity contribution is 5.83. The third-order valence-corrected chi connectivity index (χ3v) is 5.32. The molecule has 0 N–H and O–H groups in total. The standard InChI is InChI=1S/C20H28FNO3/c1-2-19(16-3-5-17(21)6-4-16)20(23)22-10-7-18(8-11-22)25-14-15-9-12-24-13-15/h3-6,15,18-19H,2,7-14H2,1H3/t15-,19+/m1/s1. The number of piperidine rings is 1. The predicted molar refractivity (Wildman–Crippen MR) is 93.9 cm³/mol. The number of hydrogen-bond acceptors (Lipinski definition) is 3. The van der Waals surface area contributed by atoms with Crippen LogP contribution in [0.5, 0.6) is 0 Å². The van der Waals surface area contributed by atoms with Gasteiger partial charge in [0.2, 0.25) is 5.91 Å². The van der Waals surface area contributed by atoms with Crippen molar-refractivity contribution in [2.24, 2.45) is 5.92 Å². The van der Waals surface area contributed by atoms with Crippen LogP contribution in [0, 0.1) is 11.7 Å². The van der Waals surface area contributed by atoms with Crippen molar-refractivity contribution < 1.29 is 18.7 Å². The summed E-state index contributed by atoms with van der Waals surface area (Å²) in [5.74, 6) is 0.227. The van der Waals surface area contributed by atoms with E-state index in [1.807, 2.05) is 11.8 Å². The second-order valence-electron chi connectivity index (χ2n) is 7.10. The molecule has 0 radical (unpaired) electrons. The van der Waals surface area contributed by atoms with Crippen molar-refractivity contribution >= 4 is 5.91 Å². The number of carbonyl (C=O) groups is 1. The van der Waals surface area contributed by atoms with Crippen molar-refractivity contribution in [1.82, 2.24) is 4.90 Å². The zero-order chi connectivity index (χ0) is 17.6. The Labute approximate surface area is 149 Å². The lowest BCUT2D eigenvalue weighted by Crippen LogP contribution is -2.43. The minimum Gasteiger partial charge on any atom is -0.381 e. The molecule has 5 heteroatoms. The first-order chi connectivity index (χ1) is 12.2. The Morgan fingerprint density at radius 3 is 2.60 bits per heavy atom. The number of amides is 1. The second kappa shape index (κ2) is 8.77. The summed E-state index contributed by atoms with van der Waals surface area (Å²) in [6, 6.07) is 6.30. The first-order valence-electron chi connectivity index (χ1n) is 9.41. The molecule has 0 bridgehead atoms. The average Bonchev–Trinajstić information content (AvgIpc) is 3.16. The molecule has 2 saturated heterocycles. The van der Waals surface area contributed by atoms with Crippen molar-refractivity contribution in [2.45, 2.75) is 44.6 Å². The summed E-state index contributed by atoms with van der Waals surface area (Å²) >= 11 is 0. The maximum Gasteiger partial charge on any atom is 0.230 e. The maximum absolute atomic E-state index is 13.1. The van der Waals surface area contributed by atoms with Crippen molar-refractivity contribution in [1.29, 1.82) is 0 Å². The lowest BCUT2D eigenvalue weighted by Gasteiger charge is -2.34. The van der Waals surface area contributed by atoms with Gasteiger partial charge in [-0.05, 0) is 43.4 Å². The van der Waals surface area contributed by atoms with Crippen LogP contribution in [0.4, 0.5) is 4.39 Å². The van der Waals surface area contributed by atoms with E-state index < -0.39 is 0 Å². The number of halogens is 1. The summed E-state index contributed by atoms with van der Waals surface area (Å²) in [7, 11) is 0. The summed E-state index contributed by atoms with van der Waals surface area (Å²) in [4.78, 5) is 14.8. The van der Waals surface area contributed by atoms with Gasteiger partial charge >= 0.3 is 0 Å². The second-order valence-corrected chi connectivity index (χ2v) is 7.10. The Kier molecular flexibility index (Phi) is 6.43. The van der Waals surface area contributed by atoms with E-state index in [9.17, 15) is 9.18 Å². The molecule has 25 heavy (non-hydrogen) atoms. The number of likely N-dealkylation sites (tertiary alicyclic amines) is 1. The van der Waals surface area contributed by atoms with E-state index in [0.717, 1.165) is 64.2 Å². The van der Waals surface area contributed by atoms with Crippen molar-refractivity contribution in [2.75, 3.05) is 32.9 Å². The Morgan fingerprint density at radius 1 is 1.28 bits per heavy atom. The minimum atomic E-state index is -0.267. The van der Waals surface area contributed by atoms with Crippen LogP contribution in [0.1, 0.15) is 44.1 Å². The van der Waals surface area contributed by atoms with Gasteiger partial charge < -0.3 is 14.4 Å². The lowest BCUT2D eigenvalue weighted by atomic mass is 9.94. The third-order valence-electron chi connectivity index (χ3n) is 5.32. The van der Waals surface area contributed by atoms with Gasteiger partial charge in [0.15, 0.2) is 0 Å². The molecule has 3 rings (SSSR count). The summed E-state index contributed by atoms with van der Waals surface area (Å²) in [6.07, 6.45) is 3.84. The molecule has 2 atom stereocenters. The number of hydrogen-bond donors (Lipinski definition) is 0. The summed E-state index contributed by atoms with van der Waals surface area (Å²) in [5.41, 5.74) is 0.897. The van der Waals surface area contributed by atoms with Gasteiger partial charge in [0.1, 0.15) is 5.82 Å². The first-order valence-corrected chi connectivity index (χ1v) is 9.41. The van der Waals surface area contributed by atoms with E-state index in [1.165, 1.54) is 12.1 Å². The lowest BCUT2D eigenvalue weighted by molar-refractivity contribution is -0.135. The summed E-state index contributed by atoms with van der Waals surface area (Å²) < 4.78 is 24.5. The van der Waals surface area contributed by atoms with Crippen LogP contribution < -0.4 is 0 Å². The van der Waals surface area contributed by atoms with Crippen LogP contribution in [0.25, 0.3) is 0 Å². The number of ether oxygens (including phenoxy) is 2. The minimum absolute atomic E-state index is 0.150. The fourth-order valence-corrected chi connectivity index (χ4v) is 3.70. The molecule has 1 aromatic carbocycles. The van der Waals surface area contributed by atoms with Crippen LogP contribution in [0.3, 0.4) is 0 Å². The van der Waals surface area contributed by atoms with Crippen molar-refractivity contribution in [3.63, 3.8) is 0 Å². The highest BCUT2D eigenvalue weighted by Gasteiger charge is 2.29. The van der Waals surface area contributed by atoms with E-state index >= 15 is 0 Å². The van der Waals surface area contributed by atoms with Crippen LogP contribution in [-0.4, -0.2) is 49.8 Å². The van der Waals surface area contributed by atoms with Gasteiger partial charge in [-0.2, -0.15) is 0 Å². The molecule has 0 saturated carbocycles. The zero-order valence-electron chi connectivity index (χ0n) is 15.0. The summed E-state index contributed by atoms with van der Waals surface area (Å²) in [6.45, 7) is 5.91. The predicted octanol–water partition coefficient (Wildman–Crippen LogP) is 3.36. The fraction of sp³-hybridized carbons (Fsp3) is 0.650. The molecular formula is C20H28FNO3. The van der Waals surface area contributed by atoms with E-state index in [0.29, 0.717) is 5.92 Å². The smallest absolute Gasteiger partial charge is 0.230 e. The maximum atomic E-state index is 13.1. The Morgan fingerprint density at radius 2 is 2.00 bits per heavy atom. The Balaban J connectivity index is 1.48. The van der Waals surface area contributed by atoms with E-state index in [1.54, 1.807) is 12.1 Å². The molecule has 2 aliphatic heterocycles. The van der Waals surface area contributed by atoms with Crippen LogP contribution in [0.2, 0.25) is 0 Å². The van der Waals surface area contributed by atoms with Gasteiger partial charge in [-0.1, -0.05) is 19.1 Å². The van der Waals surface area contributed by atoms with E-state index in [4.69, 9.17) is 9.47 Å². The normalized spacial score (nSPS) is 23.0. The first kappa shape index (κ1) is 18.3. The average molecular weight is 349 g/mol.